The molecule has 2 aromatic carbocycles. The number of nitrogens with zero attached hydrogens (tertiary/aromatic N) is 2. The zero-order valence-corrected chi connectivity index (χ0v) is 15.6. The van der Waals surface area contributed by atoms with Crippen LogP contribution in [-0.4, -0.2) is 35.7 Å². The van der Waals surface area contributed by atoms with Crippen LogP contribution in [0.4, 0.5) is 11.4 Å². The van der Waals surface area contributed by atoms with Gasteiger partial charge in [-0.1, -0.05) is 18.2 Å². The Morgan fingerprint density at radius 2 is 1.89 bits per heavy atom. The van der Waals surface area contributed by atoms with Gasteiger partial charge in [0.25, 0.3) is 5.91 Å². The SMILES string of the molecule is CN(Cc1cccc2c1C(=O)N(C1CCC(=O)NC1=O)C2)c1ccc(N)cc1. The Morgan fingerprint density at radius 3 is 2.61 bits per heavy atom. The van der Waals surface area contributed by atoms with Crippen molar-refractivity contribution in [3.05, 3.63) is 59.2 Å². The smallest absolute Gasteiger partial charge is 0.255 e. The number of nitrogens with one attached hydrogen (secondary N) is 1. The summed E-state index contributed by atoms with van der Waals surface area (Å²) < 4.78 is 0. The number of nitrogens with two attached hydrogens (primary N) is 1. The van der Waals surface area contributed by atoms with Crippen LogP contribution in [0, 0.1) is 0 Å². The van der Waals surface area contributed by atoms with Gasteiger partial charge in [0, 0.05) is 43.5 Å². The van der Waals surface area contributed by atoms with Crippen LogP contribution in [0.5, 0.6) is 0 Å². The molecule has 0 radical (unpaired) electrons. The highest BCUT2D eigenvalue weighted by Gasteiger charge is 2.39. The predicted molar refractivity (Wildman–Crippen MR) is 105 cm³/mol. The molecule has 2 heterocycles. The second kappa shape index (κ2) is 6.99. The number of carbonyl (C=O) groups excluding carboxylic acids is 3. The Labute approximate surface area is 163 Å². The minimum Gasteiger partial charge on any atom is -0.399 e. The summed E-state index contributed by atoms with van der Waals surface area (Å²) in [4.78, 5) is 40.4. The number of rotatable bonds is 4. The van der Waals surface area contributed by atoms with Crippen LogP contribution in [0.25, 0.3) is 0 Å². The quantitative estimate of drug-likeness (QED) is 0.623. The second-order valence-corrected chi connectivity index (χ2v) is 7.30. The maximum Gasteiger partial charge on any atom is 0.255 e. The molecular formula is C21H22N4O3. The first-order valence-electron chi connectivity index (χ1n) is 9.26. The number of fused-ring (bicyclic) bond motifs is 1. The molecule has 0 saturated carbocycles. The van der Waals surface area contributed by atoms with E-state index in [1.54, 1.807) is 4.90 Å². The van der Waals surface area contributed by atoms with Crippen molar-refractivity contribution in [3.8, 4) is 0 Å². The van der Waals surface area contributed by atoms with E-state index in [9.17, 15) is 14.4 Å². The van der Waals surface area contributed by atoms with Gasteiger partial charge < -0.3 is 15.5 Å². The van der Waals surface area contributed by atoms with E-state index < -0.39 is 11.9 Å². The van der Waals surface area contributed by atoms with Gasteiger partial charge in [-0.25, -0.2) is 0 Å². The summed E-state index contributed by atoms with van der Waals surface area (Å²) in [6.07, 6.45) is 0.619. The zero-order chi connectivity index (χ0) is 19.8. The van der Waals surface area contributed by atoms with E-state index in [2.05, 4.69) is 10.2 Å². The van der Waals surface area contributed by atoms with Crippen molar-refractivity contribution in [2.75, 3.05) is 17.7 Å². The van der Waals surface area contributed by atoms with Crippen LogP contribution in [0.3, 0.4) is 0 Å². The average molecular weight is 378 g/mol. The maximum absolute atomic E-state index is 13.1. The lowest BCUT2D eigenvalue weighted by Crippen LogP contribution is -2.52. The van der Waals surface area contributed by atoms with Gasteiger partial charge in [-0.15, -0.1) is 0 Å². The molecule has 0 aliphatic carbocycles. The zero-order valence-electron chi connectivity index (χ0n) is 15.6. The molecule has 0 spiro atoms. The Kier molecular flexibility index (Phi) is 4.50. The van der Waals surface area contributed by atoms with E-state index in [4.69, 9.17) is 5.73 Å². The summed E-state index contributed by atoms with van der Waals surface area (Å²) in [6.45, 7) is 0.946. The Bertz CT molecular complexity index is 955. The third kappa shape index (κ3) is 3.19. The minimum atomic E-state index is -0.597. The van der Waals surface area contributed by atoms with E-state index >= 15 is 0 Å². The van der Waals surface area contributed by atoms with E-state index in [1.807, 2.05) is 49.5 Å². The van der Waals surface area contributed by atoms with Gasteiger partial charge in [0.05, 0.1) is 0 Å². The highest BCUT2D eigenvalue weighted by Crippen LogP contribution is 2.31. The molecule has 3 amide bonds. The van der Waals surface area contributed by atoms with Gasteiger partial charge in [-0.05, 0) is 41.8 Å². The fourth-order valence-corrected chi connectivity index (χ4v) is 3.90. The van der Waals surface area contributed by atoms with Crippen molar-refractivity contribution in [1.29, 1.82) is 0 Å². The van der Waals surface area contributed by atoms with Gasteiger partial charge in [0.1, 0.15) is 6.04 Å². The van der Waals surface area contributed by atoms with Crippen LogP contribution >= 0.6 is 0 Å². The summed E-state index contributed by atoms with van der Waals surface area (Å²) in [5, 5.41) is 2.34. The van der Waals surface area contributed by atoms with Crippen LogP contribution in [-0.2, 0) is 22.7 Å². The molecule has 1 atom stereocenters. The second-order valence-electron chi connectivity index (χ2n) is 7.30. The molecule has 1 saturated heterocycles. The number of anilines is 2. The summed E-state index contributed by atoms with van der Waals surface area (Å²) in [5.41, 5.74) is 9.95. The van der Waals surface area contributed by atoms with Gasteiger partial charge in [0.15, 0.2) is 0 Å². The third-order valence-corrected chi connectivity index (χ3v) is 5.38. The molecule has 1 fully saturated rings. The van der Waals surface area contributed by atoms with Gasteiger partial charge in [-0.2, -0.15) is 0 Å². The topological polar surface area (TPSA) is 95.7 Å². The molecule has 1 unspecified atom stereocenters. The lowest BCUT2D eigenvalue weighted by Gasteiger charge is -2.29. The molecule has 144 valence electrons. The van der Waals surface area contributed by atoms with Crippen LogP contribution in [0.2, 0.25) is 0 Å². The molecule has 2 aliphatic rings. The van der Waals surface area contributed by atoms with Crippen molar-refractivity contribution in [3.63, 3.8) is 0 Å². The number of imide groups is 1. The maximum atomic E-state index is 13.1. The van der Waals surface area contributed by atoms with E-state index in [1.165, 1.54) is 0 Å². The standard InChI is InChI=1S/C21H22N4O3/c1-24(16-7-5-15(22)6-8-16)11-13-3-2-4-14-12-25(21(28)19(13)14)17-9-10-18(26)23-20(17)27/h2-8,17H,9-12,22H2,1H3,(H,23,26,27). The highest BCUT2D eigenvalue weighted by molar-refractivity contribution is 6.06. The van der Waals surface area contributed by atoms with Crippen LogP contribution in [0.1, 0.15) is 34.3 Å². The normalized spacial score (nSPS) is 18.8. The lowest BCUT2D eigenvalue weighted by atomic mass is 10.0. The lowest BCUT2D eigenvalue weighted by molar-refractivity contribution is -0.136. The number of hydrogen-bond donors (Lipinski definition) is 2. The Hall–Kier alpha value is -3.35. The van der Waals surface area contributed by atoms with Crippen molar-refractivity contribution in [1.82, 2.24) is 10.2 Å². The monoisotopic (exact) mass is 378 g/mol. The number of amides is 3. The molecule has 3 N–H and O–H groups in total. The van der Waals surface area contributed by atoms with Gasteiger partial charge in [0.2, 0.25) is 11.8 Å². The Morgan fingerprint density at radius 1 is 1.14 bits per heavy atom. The molecule has 4 rings (SSSR count). The van der Waals surface area contributed by atoms with E-state index in [0.717, 1.165) is 16.8 Å². The van der Waals surface area contributed by atoms with E-state index in [0.29, 0.717) is 30.8 Å². The molecule has 0 bridgehead atoms. The summed E-state index contributed by atoms with van der Waals surface area (Å²) >= 11 is 0. The first kappa shape index (κ1) is 18.0. The molecule has 28 heavy (non-hydrogen) atoms. The Balaban J connectivity index is 1.57. The molecule has 2 aliphatic heterocycles. The summed E-state index contributed by atoms with van der Waals surface area (Å²) in [7, 11) is 1.96. The number of hydrogen-bond acceptors (Lipinski definition) is 5. The largest absolute Gasteiger partial charge is 0.399 e. The summed E-state index contributed by atoms with van der Waals surface area (Å²) in [6, 6.07) is 12.8. The number of carbonyl (C=O) groups is 3. The first-order chi connectivity index (χ1) is 13.4. The molecule has 0 aromatic heterocycles. The van der Waals surface area contributed by atoms with Crippen LogP contribution < -0.4 is 16.0 Å². The molecule has 7 nitrogen and oxygen atoms in total. The van der Waals surface area contributed by atoms with Crippen molar-refractivity contribution in [2.45, 2.75) is 32.0 Å². The average Bonchev–Trinajstić information content (AvgIpc) is 3.00. The minimum absolute atomic E-state index is 0.147. The van der Waals surface area contributed by atoms with Gasteiger partial charge in [-0.3, -0.25) is 19.7 Å². The van der Waals surface area contributed by atoms with Crippen LogP contribution in [0.15, 0.2) is 42.5 Å². The number of benzene rings is 2. The van der Waals surface area contributed by atoms with Crippen molar-refractivity contribution in [2.24, 2.45) is 0 Å². The molecule has 7 heteroatoms. The number of piperidine rings is 1. The summed E-state index contributed by atoms with van der Waals surface area (Å²) in [5.74, 6) is -0.819. The van der Waals surface area contributed by atoms with Crippen molar-refractivity contribution >= 4 is 29.1 Å². The predicted octanol–water partition coefficient (Wildman–Crippen LogP) is 1.67. The first-order valence-corrected chi connectivity index (χ1v) is 9.26. The number of nitrogen functional groups attached to an aromatic ring is 1. The van der Waals surface area contributed by atoms with Gasteiger partial charge >= 0.3 is 0 Å². The molecule has 2 aromatic rings. The fourth-order valence-electron chi connectivity index (χ4n) is 3.90. The molecular weight excluding hydrogens is 356 g/mol. The van der Waals surface area contributed by atoms with Crippen molar-refractivity contribution < 1.29 is 14.4 Å². The highest BCUT2D eigenvalue weighted by atomic mass is 16.2. The fraction of sp³-hybridized carbons (Fsp3) is 0.286. The van der Waals surface area contributed by atoms with E-state index in [-0.39, 0.29) is 18.2 Å². The third-order valence-electron chi connectivity index (χ3n) is 5.38.